The van der Waals surface area contributed by atoms with Crippen LogP contribution in [0.1, 0.15) is 12.0 Å². The molecule has 4 nitrogen and oxygen atoms in total. The summed E-state index contributed by atoms with van der Waals surface area (Å²) in [5.41, 5.74) is 0.783. The van der Waals surface area contributed by atoms with Crippen molar-refractivity contribution in [3.05, 3.63) is 29.8 Å². The summed E-state index contributed by atoms with van der Waals surface area (Å²) in [6, 6.07) is 1.43. The van der Waals surface area contributed by atoms with Gasteiger partial charge in [-0.05, 0) is 24.6 Å². The van der Waals surface area contributed by atoms with Gasteiger partial charge in [0.2, 0.25) is 0 Å². The minimum Gasteiger partial charge on any atom is -0.481 e. The van der Waals surface area contributed by atoms with E-state index in [0.29, 0.717) is 19.5 Å². The number of hydrogen-bond donors (Lipinski definition) is 1. The average molecular weight is 224 g/mol. The molecule has 1 fully saturated rings. The summed E-state index contributed by atoms with van der Waals surface area (Å²) in [7, 11) is 0. The Morgan fingerprint density at radius 1 is 1.62 bits per heavy atom. The number of rotatable bonds is 3. The Hall–Kier alpha value is -1.49. The predicted octanol–water partition coefficient (Wildman–Crippen LogP) is 1.13. The lowest BCUT2D eigenvalue weighted by Crippen LogP contribution is -2.22. The van der Waals surface area contributed by atoms with E-state index >= 15 is 0 Å². The van der Waals surface area contributed by atoms with Crippen molar-refractivity contribution in [2.24, 2.45) is 5.92 Å². The molecule has 0 aliphatic carbocycles. The van der Waals surface area contributed by atoms with Crippen LogP contribution in [-0.2, 0) is 11.3 Å². The molecule has 1 aromatic heterocycles. The number of aromatic nitrogens is 1. The number of carboxylic acid groups (broad SMARTS) is 1. The monoisotopic (exact) mass is 224 g/mol. The highest BCUT2D eigenvalue weighted by atomic mass is 19.1. The van der Waals surface area contributed by atoms with Gasteiger partial charge in [0.25, 0.3) is 0 Å². The summed E-state index contributed by atoms with van der Waals surface area (Å²) in [6.07, 6.45) is 3.43. The first-order chi connectivity index (χ1) is 7.65. The van der Waals surface area contributed by atoms with Gasteiger partial charge in [-0.25, -0.2) is 4.39 Å². The van der Waals surface area contributed by atoms with Crippen molar-refractivity contribution in [1.29, 1.82) is 0 Å². The maximum atomic E-state index is 12.9. The lowest BCUT2D eigenvalue weighted by atomic mass is 10.1. The number of nitrogens with zero attached hydrogens (tertiary/aromatic N) is 2. The van der Waals surface area contributed by atoms with E-state index in [1.807, 2.05) is 4.90 Å². The zero-order valence-electron chi connectivity index (χ0n) is 8.77. The molecule has 1 atom stereocenters. The van der Waals surface area contributed by atoms with E-state index in [2.05, 4.69) is 4.98 Å². The third kappa shape index (κ3) is 2.55. The van der Waals surface area contributed by atoms with Crippen molar-refractivity contribution in [2.45, 2.75) is 13.0 Å². The van der Waals surface area contributed by atoms with E-state index in [0.717, 1.165) is 18.3 Å². The maximum absolute atomic E-state index is 12.9. The van der Waals surface area contributed by atoms with Crippen molar-refractivity contribution in [3.8, 4) is 0 Å². The van der Waals surface area contributed by atoms with Crippen LogP contribution in [0, 0.1) is 11.7 Å². The Kier molecular flexibility index (Phi) is 3.14. The molecule has 1 aliphatic rings. The molecule has 0 bridgehead atoms. The molecule has 1 unspecified atom stereocenters. The molecule has 1 N–H and O–H groups in total. The van der Waals surface area contributed by atoms with Gasteiger partial charge >= 0.3 is 5.97 Å². The second-order valence-corrected chi connectivity index (χ2v) is 4.07. The van der Waals surface area contributed by atoms with Crippen molar-refractivity contribution < 1.29 is 14.3 Å². The zero-order valence-corrected chi connectivity index (χ0v) is 8.77. The fourth-order valence-electron chi connectivity index (χ4n) is 1.98. The number of aliphatic carboxylic acids is 1. The maximum Gasteiger partial charge on any atom is 0.307 e. The van der Waals surface area contributed by atoms with E-state index in [1.54, 1.807) is 6.20 Å². The zero-order chi connectivity index (χ0) is 11.5. The summed E-state index contributed by atoms with van der Waals surface area (Å²) in [4.78, 5) is 16.5. The molecule has 2 heterocycles. The van der Waals surface area contributed by atoms with Crippen molar-refractivity contribution in [3.63, 3.8) is 0 Å². The molecule has 5 heteroatoms. The lowest BCUT2D eigenvalue weighted by molar-refractivity contribution is -0.141. The van der Waals surface area contributed by atoms with Crippen LogP contribution in [0.4, 0.5) is 4.39 Å². The van der Waals surface area contributed by atoms with E-state index in [1.165, 1.54) is 6.07 Å². The van der Waals surface area contributed by atoms with Gasteiger partial charge in [-0.15, -0.1) is 0 Å². The summed E-state index contributed by atoms with van der Waals surface area (Å²) >= 11 is 0. The quantitative estimate of drug-likeness (QED) is 0.836. The Morgan fingerprint density at radius 3 is 3.06 bits per heavy atom. The van der Waals surface area contributed by atoms with Gasteiger partial charge < -0.3 is 5.11 Å². The molecule has 0 spiro atoms. The SMILES string of the molecule is O=C(O)C1CCN(Cc2cncc(F)c2)C1. The third-order valence-electron chi connectivity index (χ3n) is 2.79. The molecule has 2 rings (SSSR count). The first kappa shape index (κ1) is 11.0. The Morgan fingerprint density at radius 2 is 2.44 bits per heavy atom. The van der Waals surface area contributed by atoms with Crippen LogP contribution in [0.25, 0.3) is 0 Å². The Balaban J connectivity index is 1.94. The normalized spacial score (nSPS) is 21.2. The average Bonchev–Trinajstić information content (AvgIpc) is 2.66. The smallest absolute Gasteiger partial charge is 0.307 e. The lowest BCUT2D eigenvalue weighted by Gasteiger charge is -2.14. The molecule has 1 aliphatic heterocycles. The molecule has 16 heavy (non-hydrogen) atoms. The highest BCUT2D eigenvalue weighted by molar-refractivity contribution is 5.70. The van der Waals surface area contributed by atoms with E-state index in [-0.39, 0.29) is 11.7 Å². The van der Waals surface area contributed by atoms with E-state index < -0.39 is 5.97 Å². The Bertz CT molecular complexity index is 397. The Labute approximate surface area is 92.7 Å². The summed E-state index contributed by atoms with van der Waals surface area (Å²) in [5.74, 6) is -1.40. The molecule has 86 valence electrons. The largest absolute Gasteiger partial charge is 0.481 e. The molecule has 1 saturated heterocycles. The van der Waals surface area contributed by atoms with Gasteiger partial charge in [-0.3, -0.25) is 14.7 Å². The molecular weight excluding hydrogens is 211 g/mol. The van der Waals surface area contributed by atoms with Gasteiger partial charge in [0.1, 0.15) is 5.82 Å². The molecule has 0 saturated carbocycles. The third-order valence-corrected chi connectivity index (χ3v) is 2.79. The number of carboxylic acids is 1. The fourth-order valence-corrected chi connectivity index (χ4v) is 1.98. The van der Waals surface area contributed by atoms with Gasteiger partial charge in [0, 0.05) is 19.3 Å². The van der Waals surface area contributed by atoms with Gasteiger partial charge in [0.05, 0.1) is 12.1 Å². The minimum absolute atomic E-state index is 0.290. The second kappa shape index (κ2) is 4.57. The summed E-state index contributed by atoms with van der Waals surface area (Å²) in [6.45, 7) is 1.84. The van der Waals surface area contributed by atoms with Crippen LogP contribution in [0.5, 0.6) is 0 Å². The highest BCUT2D eigenvalue weighted by Gasteiger charge is 2.27. The topological polar surface area (TPSA) is 53.4 Å². The predicted molar refractivity (Wildman–Crippen MR) is 55.2 cm³/mol. The molecule has 0 aromatic carbocycles. The molecule has 1 aromatic rings. The van der Waals surface area contributed by atoms with Crippen LogP contribution >= 0.6 is 0 Å². The first-order valence-electron chi connectivity index (χ1n) is 5.20. The van der Waals surface area contributed by atoms with Gasteiger partial charge in [-0.2, -0.15) is 0 Å². The number of pyridine rings is 1. The van der Waals surface area contributed by atoms with E-state index in [4.69, 9.17) is 5.11 Å². The number of likely N-dealkylation sites (tertiary alicyclic amines) is 1. The molecule has 0 radical (unpaired) electrons. The van der Waals surface area contributed by atoms with Crippen LogP contribution in [0.15, 0.2) is 18.5 Å². The second-order valence-electron chi connectivity index (χ2n) is 4.07. The van der Waals surface area contributed by atoms with Crippen LogP contribution in [-0.4, -0.2) is 34.0 Å². The molecular formula is C11H13FN2O2. The number of carbonyl (C=O) groups is 1. The molecule has 0 amide bonds. The van der Waals surface area contributed by atoms with Gasteiger partial charge in [-0.1, -0.05) is 0 Å². The number of halogens is 1. The van der Waals surface area contributed by atoms with Crippen LogP contribution < -0.4 is 0 Å². The van der Waals surface area contributed by atoms with Crippen molar-refractivity contribution in [1.82, 2.24) is 9.88 Å². The summed E-state index contributed by atoms with van der Waals surface area (Å²) < 4.78 is 12.9. The van der Waals surface area contributed by atoms with E-state index in [9.17, 15) is 9.18 Å². The van der Waals surface area contributed by atoms with Crippen LogP contribution in [0.2, 0.25) is 0 Å². The van der Waals surface area contributed by atoms with Crippen molar-refractivity contribution in [2.75, 3.05) is 13.1 Å². The van der Waals surface area contributed by atoms with Gasteiger partial charge in [0.15, 0.2) is 0 Å². The van der Waals surface area contributed by atoms with Crippen molar-refractivity contribution >= 4 is 5.97 Å². The standard InChI is InChI=1S/C11H13FN2O2/c12-10-3-8(4-13-5-10)6-14-2-1-9(7-14)11(15)16/h3-5,9H,1-2,6-7H2,(H,15,16). The highest BCUT2D eigenvalue weighted by Crippen LogP contribution is 2.18. The van der Waals surface area contributed by atoms with Crippen LogP contribution in [0.3, 0.4) is 0 Å². The first-order valence-corrected chi connectivity index (χ1v) is 5.20. The fraction of sp³-hybridized carbons (Fsp3) is 0.455. The summed E-state index contributed by atoms with van der Waals surface area (Å²) in [5, 5.41) is 8.84. The minimum atomic E-state index is -0.750. The number of hydrogen-bond acceptors (Lipinski definition) is 3.